The van der Waals surface area contributed by atoms with E-state index in [1.807, 2.05) is 48.5 Å². The molecule has 11 rings (SSSR count). The van der Waals surface area contributed by atoms with E-state index in [0.29, 0.717) is 23.3 Å². The van der Waals surface area contributed by atoms with E-state index < -0.39 is 0 Å². The molecule has 6 aromatic carbocycles. The van der Waals surface area contributed by atoms with Gasteiger partial charge >= 0.3 is 0 Å². The molecule has 0 amide bonds. The maximum absolute atomic E-state index is 6.68. The fraction of sp³-hybridized carbons (Fsp3) is 0.0408. The van der Waals surface area contributed by atoms with E-state index in [-0.39, 0.29) is 0 Å². The number of nitrogens with zero attached hydrogens (tertiary/aromatic N) is 5. The van der Waals surface area contributed by atoms with Crippen molar-refractivity contribution in [1.82, 2.24) is 24.9 Å². The molecule has 0 aliphatic heterocycles. The van der Waals surface area contributed by atoms with Crippen molar-refractivity contribution in [3.05, 3.63) is 170 Å². The summed E-state index contributed by atoms with van der Waals surface area (Å²) < 4.78 is 8.98. The number of hydrogen-bond donors (Lipinski definition) is 0. The van der Waals surface area contributed by atoms with Crippen LogP contribution < -0.4 is 0 Å². The van der Waals surface area contributed by atoms with Gasteiger partial charge in [-0.3, -0.25) is 0 Å². The average Bonchev–Trinajstić information content (AvgIpc) is 3.85. The van der Waals surface area contributed by atoms with Gasteiger partial charge in [0, 0.05) is 37.5 Å². The first-order chi connectivity index (χ1) is 27.7. The summed E-state index contributed by atoms with van der Waals surface area (Å²) in [5, 5.41) is 3.08. The molecule has 0 saturated heterocycles. The minimum Gasteiger partial charge on any atom is -0.455 e. The van der Waals surface area contributed by atoms with Crippen LogP contribution in [0.5, 0.6) is 0 Å². The number of fused-ring (bicyclic) bond motifs is 6. The van der Waals surface area contributed by atoms with Gasteiger partial charge < -0.3 is 4.42 Å². The van der Waals surface area contributed by atoms with Crippen molar-refractivity contribution in [2.24, 2.45) is 0 Å². The Morgan fingerprint density at radius 2 is 1.16 bits per heavy atom. The summed E-state index contributed by atoms with van der Waals surface area (Å²) in [5.41, 5.74) is 10.4. The van der Waals surface area contributed by atoms with Gasteiger partial charge in [0.25, 0.3) is 0 Å². The number of benzene rings is 6. The number of allylic oxidation sites excluding steroid dienone is 4. The summed E-state index contributed by atoms with van der Waals surface area (Å²) in [6.07, 6.45) is 8.74. The highest BCUT2D eigenvalue weighted by molar-refractivity contribution is 7.26. The molecule has 0 fully saturated rings. The topological polar surface area (TPSA) is 77.6 Å². The van der Waals surface area contributed by atoms with E-state index in [1.54, 1.807) is 11.3 Å². The van der Waals surface area contributed by atoms with Gasteiger partial charge in [-0.1, -0.05) is 127 Å². The number of hydrogen-bond acceptors (Lipinski definition) is 7. The Kier molecular flexibility index (Phi) is 7.70. The summed E-state index contributed by atoms with van der Waals surface area (Å²) in [6.45, 7) is 0. The number of para-hydroxylation sites is 1. The van der Waals surface area contributed by atoms with Crippen molar-refractivity contribution < 1.29 is 4.42 Å². The van der Waals surface area contributed by atoms with E-state index in [9.17, 15) is 0 Å². The predicted molar refractivity (Wildman–Crippen MR) is 229 cm³/mol. The summed E-state index contributed by atoms with van der Waals surface area (Å²) in [7, 11) is 0. The molecule has 0 unspecified atom stereocenters. The van der Waals surface area contributed by atoms with E-state index in [2.05, 4.69) is 115 Å². The SMILES string of the molecule is C1=CC(c2nc(-c3cccc4c3oc3ccc(-c5nc(-c6ccccc6)nc(-c6cccc(-c7ccccc7)c6)n5)cc34)nc3c2sc2ccccc23)=CCC1. The molecule has 0 atom stereocenters. The highest BCUT2D eigenvalue weighted by atomic mass is 32.1. The van der Waals surface area contributed by atoms with E-state index in [1.165, 1.54) is 4.70 Å². The zero-order chi connectivity index (χ0) is 37.0. The predicted octanol–water partition coefficient (Wildman–Crippen LogP) is 13.0. The fourth-order valence-corrected chi connectivity index (χ4v) is 8.78. The number of thiophene rings is 1. The molecular formula is C49H31N5OS. The van der Waals surface area contributed by atoms with Crippen molar-refractivity contribution in [1.29, 1.82) is 0 Å². The van der Waals surface area contributed by atoms with Crippen LogP contribution in [0.15, 0.2) is 168 Å². The molecule has 0 N–H and O–H groups in total. The first-order valence-corrected chi connectivity index (χ1v) is 19.5. The number of rotatable bonds is 6. The van der Waals surface area contributed by atoms with Gasteiger partial charge in [-0.25, -0.2) is 24.9 Å². The standard InChI is InChI=1S/C49H31N5OS/c1-4-14-30(15-5-1)33-20-12-21-34(28-33)47-52-46(32-18-8-3-9-19-32)53-48(54-47)35-26-27-40-39(29-35)36-23-13-24-38(44(36)55-40)49-50-42(31-16-6-2-7-17-31)45-43(51-49)37-22-10-11-25-41(37)56-45/h1,3-6,8-29H,2,7H2. The summed E-state index contributed by atoms with van der Waals surface area (Å²) in [4.78, 5) is 25.6. The van der Waals surface area contributed by atoms with Gasteiger partial charge in [0.15, 0.2) is 23.3 Å². The van der Waals surface area contributed by atoms with Gasteiger partial charge in [-0.15, -0.1) is 11.3 Å². The Morgan fingerprint density at radius 3 is 1.96 bits per heavy atom. The zero-order valence-electron chi connectivity index (χ0n) is 30.1. The van der Waals surface area contributed by atoms with Crippen LogP contribution in [0.25, 0.3) is 104 Å². The monoisotopic (exact) mass is 737 g/mol. The second-order valence-corrected chi connectivity index (χ2v) is 15.0. The van der Waals surface area contributed by atoms with Crippen LogP contribution in [-0.4, -0.2) is 24.9 Å². The highest BCUT2D eigenvalue weighted by Gasteiger charge is 2.21. The lowest BCUT2D eigenvalue weighted by Gasteiger charge is -2.10. The third-order valence-corrected chi connectivity index (χ3v) is 11.5. The molecule has 10 aromatic rings. The lowest BCUT2D eigenvalue weighted by Crippen LogP contribution is -2.00. The zero-order valence-corrected chi connectivity index (χ0v) is 30.9. The molecule has 4 aromatic heterocycles. The third-order valence-electron chi connectivity index (χ3n) is 10.4. The molecule has 1 aliphatic rings. The minimum absolute atomic E-state index is 0.586. The maximum Gasteiger partial charge on any atom is 0.164 e. The van der Waals surface area contributed by atoms with Crippen LogP contribution >= 0.6 is 11.3 Å². The normalized spacial score (nSPS) is 12.9. The van der Waals surface area contributed by atoms with Gasteiger partial charge in [-0.05, 0) is 65.9 Å². The van der Waals surface area contributed by atoms with Crippen LogP contribution in [0.4, 0.5) is 0 Å². The smallest absolute Gasteiger partial charge is 0.164 e. The van der Waals surface area contributed by atoms with Crippen LogP contribution in [0.3, 0.4) is 0 Å². The Balaban J connectivity index is 1.07. The van der Waals surface area contributed by atoms with E-state index in [4.69, 9.17) is 29.3 Å². The molecule has 4 heterocycles. The Morgan fingerprint density at radius 1 is 0.482 bits per heavy atom. The van der Waals surface area contributed by atoms with E-state index >= 15 is 0 Å². The number of aromatic nitrogens is 5. The van der Waals surface area contributed by atoms with Gasteiger partial charge in [0.1, 0.15) is 11.2 Å². The maximum atomic E-state index is 6.68. The molecule has 264 valence electrons. The van der Waals surface area contributed by atoms with Gasteiger partial charge in [0.2, 0.25) is 0 Å². The van der Waals surface area contributed by atoms with Crippen LogP contribution in [-0.2, 0) is 0 Å². The lowest BCUT2D eigenvalue weighted by atomic mass is 10.0. The largest absolute Gasteiger partial charge is 0.455 e. The highest BCUT2D eigenvalue weighted by Crippen LogP contribution is 2.41. The molecule has 56 heavy (non-hydrogen) atoms. The van der Waals surface area contributed by atoms with Crippen molar-refractivity contribution in [3.8, 4) is 56.7 Å². The van der Waals surface area contributed by atoms with Crippen LogP contribution in [0.2, 0.25) is 0 Å². The third kappa shape index (κ3) is 5.60. The minimum atomic E-state index is 0.586. The van der Waals surface area contributed by atoms with Gasteiger partial charge in [0.05, 0.1) is 21.5 Å². The molecule has 7 heteroatoms. The molecule has 0 spiro atoms. The van der Waals surface area contributed by atoms with Crippen LogP contribution in [0.1, 0.15) is 18.5 Å². The average molecular weight is 738 g/mol. The van der Waals surface area contributed by atoms with E-state index in [0.717, 1.165) is 95.0 Å². The second-order valence-electron chi connectivity index (χ2n) is 13.9. The van der Waals surface area contributed by atoms with Gasteiger partial charge in [-0.2, -0.15) is 0 Å². The first-order valence-electron chi connectivity index (χ1n) is 18.7. The molecule has 0 saturated carbocycles. The second kappa shape index (κ2) is 13.3. The Bertz CT molecular complexity index is 3200. The molecular weight excluding hydrogens is 707 g/mol. The van der Waals surface area contributed by atoms with Crippen molar-refractivity contribution >= 4 is 59.2 Å². The fourth-order valence-electron chi connectivity index (χ4n) is 7.63. The van der Waals surface area contributed by atoms with Crippen molar-refractivity contribution in [2.45, 2.75) is 12.8 Å². The van der Waals surface area contributed by atoms with Crippen LogP contribution in [0, 0.1) is 0 Å². The Hall–Kier alpha value is -7.09. The summed E-state index contributed by atoms with van der Waals surface area (Å²) >= 11 is 1.75. The van der Waals surface area contributed by atoms with Crippen molar-refractivity contribution in [3.63, 3.8) is 0 Å². The molecule has 0 bridgehead atoms. The first kappa shape index (κ1) is 32.3. The summed E-state index contributed by atoms with van der Waals surface area (Å²) in [6, 6.07) is 49.6. The molecule has 6 nitrogen and oxygen atoms in total. The lowest BCUT2D eigenvalue weighted by molar-refractivity contribution is 0.669. The molecule has 1 aliphatic carbocycles. The number of furan rings is 1. The Labute approximate surface area is 326 Å². The summed E-state index contributed by atoms with van der Waals surface area (Å²) in [5.74, 6) is 2.46. The quantitative estimate of drug-likeness (QED) is 0.169. The molecule has 0 radical (unpaired) electrons. The van der Waals surface area contributed by atoms with Crippen molar-refractivity contribution in [2.75, 3.05) is 0 Å².